The summed E-state index contributed by atoms with van der Waals surface area (Å²) in [5.74, 6) is -0.969. The molecule has 0 spiro atoms. The van der Waals surface area contributed by atoms with E-state index in [0.717, 1.165) is 21.7 Å². The Kier molecular flexibility index (Phi) is 6.79. The van der Waals surface area contributed by atoms with Crippen LogP contribution in [0.1, 0.15) is 21.6 Å². The van der Waals surface area contributed by atoms with Crippen molar-refractivity contribution in [2.75, 3.05) is 13.2 Å². The molecule has 0 unspecified atom stereocenters. The summed E-state index contributed by atoms with van der Waals surface area (Å²) in [6, 6.07) is 15.3. The molecule has 0 aliphatic heterocycles. The van der Waals surface area contributed by atoms with Gasteiger partial charge in [-0.3, -0.25) is 4.79 Å². The fourth-order valence-corrected chi connectivity index (χ4v) is 3.50. The Morgan fingerprint density at radius 3 is 2.71 bits per heavy atom. The molecule has 3 rings (SSSR count). The molecule has 0 radical (unpaired) electrons. The summed E-state index contributed by atoms with van der Waals surface area (Å²) in [6.07, 6.45) is 0.645. The van der Waals surface area contributed by atoms with Gasteiger partial charge in [-0.2, -0.15) is 0 Å². The van der Waals surface area contributed by atoms with E-state index in [0.29, 0.717) is 18.0 Å². The molecule has 2 aromatic carbocycles. The number of halogens is 1. The molecule has 28 heavy (non-hydrogen) atoms. The van der Waals surface area contributed by atoms with Crippen LogP contribution in [0.25, 0.3) is 10.6 Å². The standard InChI is InChI=1S/C21H19ClN2O3S/c1-14-5-7-16(8-6-14)20-24-18(13-28-20)21(26)27-12-19(25)23-10-9-15-3-2-4-17(22)11-15/h2-8,11,13H,9-10,12H2,1H3,(H,23,25). The van der Waals surface area contributed by atoms with Crippen molar-refractivity contribution in [1.29, 1.82) is 0 Å². The van der Waals surface area contributed by atoms with Crippen molar-refractivity contribution in [2.24, 2.45) is 0 Å². The second-order valence-electron chi connectivity index (χ2n) is 6.21. The zero-order valence-electron chi connectivity index (χ0n) is 15.3. The lowest BCUT2D eigenvalue weighted by molar-refractivity contribution is -0.124. The zero-order chi connectivity index (χ0) is 19.9. The minimum absolute atomic E-state index is 0.201. The lowest BCUT2D eigenvalue weighted by atomic mass is 10.1. The molecule has 7 heteroatoms. The molecule has 1 amide bonds. The summed E-state index contributed by atoms with van der Waals surface area (Å²) >= 11 is 7.29. The molecule has 0 bridgehead atoms. The summed E-state index contributed by atoms with van der Waals surface area (Å²) in [4.78, 5) is 28.3. The van der Waals surface area contributed by atoms with Crippen LogP contribution in [0, 0.1) is 6.92 Å². The van der Waals surface area contributed by atoms with E-state index < -0.39 is 5.97 Å². The quantitative estimate of drug-likeness (QED) is 0.585. The van der Waals surface area contributed by atoms with Crippen LogP contribution in [-0.4, -0.2) is 30.0 Å². The number of thiazole rings is 1. The normalized spacial score (nSPS) is 10.5. The van der Waals surface area contributed by atoms with Gasteiger partial charge in [-0.15, -0.1) is 11.3 Å². The lowest BCUT2D eigenvalue weighted by Crippen LogP contribution is -2.30. The van der Waals surface area contributed by atoms with Gasteiger partial charge in [0.05, 0.1) is 0 Å². The number of ether oxygens (including phenoxy) is 1. The highest BCUT2D eigenvalue weighted by atomic mass is 35.5. The first kappa shape index (κ1) is 20.0. The minimum atomic E-state index is -0.611. The van der Waals surface area contributed by atoms with E-state index in [4.69, 9.17) is 16.3 Å². The number of carbonyl (C=O) groups is 2. The summed E-state index contributed by atoms with van der Waals surface area (Å²) in [6.45, 7) is 2.10. The number of benzene rings is 2. The van der Waals surface area contributed by atoms with Gasteiger partial charge >= 0.3 is 5.97 Å². The van der Waals surface area contributed by atoms with E-state index >= 15 is 0 Å². The predicted octanol–water partition coefficient (Wildman–Crippen LogP) is 4.29. The highest BCUT2D eigenvalue weighted by Crippen LogP contribution is 2.24. The number of carbonyl (C=O) groups excluding carboxylic acids is 2. The fraction of sp³-hybridized carbons (Fsp3) is 0.190. The third-order valence-electron chi connectivity index (χ3n) is 3.97. The molecule has 0 saturated carbocycles. The highest BCUT2D eigenvalue weighted by molar-refractivity contribution is 7.13. The van der Waals surface area contributed by atoms with Crippen molar-refractivity contribution in [2.45, 2.75) is 13.3 Å². The third-order valence-corrected chi connectivity index (χ3v) is 5.10. The number of esters is 1. The molecule has 0 atom stereocenters. The molecule has 0 fully saturated rings. The SMILES string of the molecule is Cc1ccc(-c2nc(C(=O)OCC(=O)NCCc3cccc(Cl)c3)cs2)cc1. The summed E-state index contributed by atoms with van der Waals surface area (Å²) in [7, 11) is 0. The van der Waals surface area contributed by atoms with E-state index in [9.17, 15) is 9.59 Å². The minimum Gasteiger partial charge on any atom is -0.451 e. The molecular formula is C21H19ClN2O3S. The maximum absolute atomic E-state index is 12.1. The van der Waals surface area contributed by atoms with Gasteiger partial charge in [-0.05, 0) is 31.0 Å². The van der Waals surface area contributed by atoms with Gasteiger partial charge in [0.1, 0.15) is 5.01 Å². The van der Waals surface area contributed by atoms with Crippen molar-refractivity contribution in [3.8, 4) is 10.6 Å². The molecule has 0 aliphatic rings. The maximum Gasteiger partial charge on any atom is 0.358 e. The average molecular weight is 415 g/mol. The van der Waals surface area contributed by atoms with Crippen LogP contribution < -0.4 is 5.32 Å². The molecule has 1 heterocycles. The Morgan fingerprint density at radius 1 is 1.18 bits per heavy atom. The van der Waals surface area contributed by atoms with Gasteiger partial charge < -0.3 is 10.1 Å². The number of aryl methyl sites for hydroxylation is 1. The van der Waals surface area contributed by atoms with Gasteiger partial charge in [0.15, 0.2) is 12.3 Å². The zero-order valence-corrected chi connectivity index (χ0v) is 16.8. The molecule has 1 aromatic heterocycles. The molecule has 5 nitrogen and oxygen atoms in total. The van der Waals surface area contributed by atoms with E-state index in [-0.39, 0.29) is 18.2 Å². The van der Waals surface area contributed by atoms with E-state index in [2.05, 4.69) is 10.3 Å². The van der Waals surface area contributed by atoms with E-state index in [1.165, 1.54) is 11.3 Å². The van der Waals surface area contributed by atoms with Crippen LogP contribution in [0.15, 0.2) is 53.9 Å². The van der Waals surface area contributed by atoms with E-state index in [1.807, 2.05) is 49.4 Å². The van der Waals surface area contributed by atoms with E-state index in [1.54, 1.807) is 11.4 Å². The van der Waals surface area contributed by atoms with Crippen LogP contribution in [0.5, 0.6) is 0 Å². The first-order chi connectivity index (χ1) is 13.5. The van der Waals surface area contributed by atoms with Crippen molar-refractivity contribution in [3.63, 3.8) is 0 Å². The van der Waals surface area contributed by atoms with Crippen LogP contribution >= 0.6 is 22.9 Å². The molecule has 3 aromatic rings. The molecule has 1 N–H and O–H groups in total. The number of nitrogens with one attached hydrogen (secondary N) is 1. The first-order valence-corrected chi connectivity index (χ1v) is 9.98. The first-order valence-electron chi connectivity index (χ1n) is 8.72. The topological polar surface area (TPSA) is 68.3 Å². The van der Waals surface area contributed by atoms with Gasteiger partial charge in [-0.1, -0.05) is 53.6 Å². The molecular weight excluding hydrogens is 396 g/mol. The maximum atomic E-state index is 12.1. The molecule has 0 aliphatic carbocycles. The fourth-order valence-electron chi connectivity index (χ4n) is 2.49. The average Bonchev–Trinajstić information content (AvgIpc) is 3.17. The number of nitrogens with zero attached hydrogens (tertiary/aromatic N) is 1. The van der Waals surface area contributed by atoms with Gasteiger partial charge in [0.2, 0.25) is 0 Å². The van der Waals surface area contributed by atoms with Crippen molar-refractivity contribution < 1.29 is 14.3 Å². The number of amides is 1. The highest BCUT2D eigenvalue weighted by Gasteiger charge is 2.15. The Labute approximate surface area is 172 Å². The Morgan fingerprint density at radius 2 is 1.96 bits per heavy atom. The number of hydrogen-bond acceptors (Lipinski definition) is 5. The second kappa shape index (κ2) is 9.48. The Hall–Kier alpha value is -2.70. The van der Waals surface area contributed by atoms with Gasteiger partial charge in [-0.25, -0.2) is 9.78 Å². The molecule has 144 valence electrons. The van der Waals surface area contributed by atoms with Crippen LogP contribution in [0.3, 0.4) is 0 Å². The van der Waals surface area contributed by atoms with Crippen LogP contribution in [0.4, 0.5) is 0 Å². The number of rotatable bonds is 7. The van der Waals surface area contributed by atoms with Crippen LogP contribution in [-0.2, 0) is 16.0 Å². The summed E-state index contributed by atoms with van der Waals surface area (Å²) in [5, 5.41) is 5.74. The molecule has 0 saturated heterocycles. The van der Waals surface area contributed by atoms with Gasteiger partial charge in [0.25, 0.3) is 5.91 Å². The number of hydrogen-bond donors (Lipinski definition) is 1. The summed E-state index contributed by atoms with van der Waals surface area (Å²) in [5.41, 5.74) is 3.32. The summed E-state index contributed by atoms with van der Waals surface area (Å²) < 4.78 is 5.05. The van der Waals surface area contributed by atoms with Crippen molar-refractivity contribution in [3.05, 3.63) is 75.8 Å². The predicted molar refractivity (Wildman–Crippen MR) is 111 cm³/mol. The Balaban J connectivity index is 1.44. The largest absolute Gasteiger partial charge is 0.451 e. The van der Waals surface area contributed by atoms with Gasteiger partial charge in [0, 0.05) is 22.5 Å². The van der Waals surface area contributed by atoms with Crippen molar-refractivity contribution >= 4 is 34.8 Å². The monoisotopic (exact) mass is 414 g/mol. The Bertz CT molecular complexity index is 970. The number of aromatic nitrogens is 1. The van der Waals surface area contributed by atoms with Crippen molar-refractivity contribution in [1.82, 2.24) is 10.3 Å². The smallest absolute Gasteiger partial charge is 0.358 e. The van der Waals surface area contributed by atoms with Crippen LogP contribution in [0.2, 0.25) is 5.02 Å². The second-order valence-corrected chi connectivity index (χ2v) is 7.50. The lowest BCUT2D eigenvalue weighted by Gasteiger charge is -2.06. The third kappa shape index (κ3) is 5.65.